The van der Waals surface area contributed by atoms with Crippen molar-refractivity contribution in [3.63, 3.8) is 0 Å². The molecule has 3 aromatic carbocycles. The number of hydrogen-bond donors (Lipinski definition) is 3. The summed E-state index contributed by atoms with van der Waals surface area (Å²) in [6.07, 6.45) is 0.955. The second-order valence-electron chi connectivity index (χ2n) is 8.51. The molecule has 4 N–H and O–H groups in total. The fourth-order valence-electron chi connectivity index (χ4n) is 4.62. The highest BCUT2D eigenvalue weighted by molar-refractivity contribution is 7.80. The predicted octanol–water partition coefficient (Wildman–Crippen LogP) is 3.05. The van der Waals surface area contributed by atoms with Crippen molar-refractivity contribution < 1.29 is 4.79 Å². The fourth-order valence-corrected chi connectivity index (χ4v) is 4.98. The van der Waals surface area contributed by atoms with E-state index in [1.807, 2.05) is 78.9 Å². The molecule has 1 aliphatic rings. The van der Waals surface area contributed by atoms with Gasteiger partial charge in [-0.05, 0) is 54.4 Å². The molecule has 0 saturated heterocycles. The molecule has 7 nitrogen and oxygen atoms in total. The molecule has 2 atom stereocenters. The van der Waals surface area contributed by atoms with Crippen molar-refractivity contribution in [3.05, 3.63) is 100 Å². The molecule has 1 aliphatic heterocycles. The Kier molecular flexibility index (Phi) is 6.00. The van der Waals surface area contributed by atoms with Crippen LogP contribution in [0.3, 0.4) is 0 Å². The van der Waals surface area contributed by atoms with Crippen LogP contribution in [0.2, 0.25) is 0 Å². The Morgan fingerprint density at radius 3 is 2.53 bits per heavy atom. The van der Waals surface area contributed by atoms with Gasteiger partial charge >= 0.3 is 5.69 Å². The molecule has 0 aliphatic carbocycles. The first-order valence-corrected chi connectivity index (χ1v) is 11.6. The molecule has 0 bridgehead atoms. The quantitative estimate of drug-likeness (QED) is 0.389. The summed E-state index contributed by atoms with van der Waals surface area (Å²) in [6, 6.07) is 23.8. The number of anilines is 1. The lowest BCUT2D eigenvalue weighted by Crippen LogP contribution is -2.56. The maximum Gasteiger partial charge on any atom is 0.326 e. The van der Waals surface area contributed by atoms with Crippen molar-refractivity contribution in [1.82, 2.24) is 14.5 Å². The number of imidazole rings is 1. The first-order valence-electron chi connectivity index (χ1n) is 11.2. The lowest BCUT2D eigenvalue weighted by atomic mass is 9.98. The third-order valence-electron chi connectivity index (χ3n) is 6.19. The molecule has 1 aromatic heterocycles. The van der Waals surface area contributed by atoms with Crippen LogP contribution in [-0.4, -0.2) is 37.6 Å². The minimum atomic E-state index is -0.780. The summed E-state index contributed by atoms with van der Waals surface area (Å²) in [5, 5.41) is 3.45. The van der Waals surface area contributed by atoms with E-state index in [9.17, 15) is 9.59 Å². The molecule has 5 rings (SSSR count). The number of carbonyl (C=O) groups excluding carboxylic acids is 1. The Labute approximate surface area is 202 Å². The summed E-state index contributed by atoms with van der Waals surface area (Å²) in [4.78, 5) is 30.9. The number of thiocarbonyl (C=S) groups is 1. The van der Waals surface area contributed by atoms with Crippen LogP contribution >= 0.6 is 12.2 Å². The van der Waals surface area contributed by atoms with Crippen molar-refractivity contribution in [1.29, 1.82) is 0 Å². The highest BCUT2D eigenvalue weighted by atomic mass is 32.1. The molecular formula is C26H25N5O2S. The summed E-state index contributed by atoms with van der Waals surface area (Å²) in [5.41, 5.74) is 10.6. The van der Waals surface area contributed by atoms with Crippen molar-refractivity contribution in [3.8, 4) is 0 Å². The third-order valence-corrected chi connectivity index (χ3v) is 6.49. The number of aromatic amines is 1. The van der Waals surface area contributed by atoms with E-state index in [2.05, 4.69) is 10.3 Å². The molecule has 34 heavy (non-hydrogen) atoms. The number of amides is 1. The SMILES string of the molecule is N[C@@H](Cc1ccccc1)C(=O)N(C(=S)Nc1ccccc1)C1Cc2cccc3[nH]c(=O)n(c23)C1. The smallest absolute Gasteiger partial charge is 0.326 e. The van der Waals surface area contributed by atoms with Gasteiger partial charge in [-0.1, -0.05) is 60.7 Å². The largest absolute Gasteiger partial charge is 0.332 e. The standard InChI is InChI=1S/C26H25N5O2S/c27-21(14-17-8-3-1-4-9-17)24(32)31(26(34)28-19-11-5-2-6-12-19)20-15-18-10-7-13-22-23(18)30(16-20)25(33)29-22/h1-13,20-21H,14-16,27H2,(H,28,34)(H,29,33)/t20?,21-/m0/s1. The summed E-state index contributed by atoms with van der Waals surface area (Å²) in [6.45, 7) is 0.330. The summed E-state index contributed by atoms with van der Waals surface area (Å²) < 4.78 is 1.69. The van der Waals surface area contributed by atoms with Gasteiger partial charge in [-0.2, -0.15) is 0 Å². The maximum atomic E-state index is 13.7. The molecule has 0 saturated carbocycles. The van der Waals surface area contributed by atoms with Gasteiger partial charge < -0.3 is 16.0 Å². The molecule has 4 aromatic rings. The normalized spacial score (nSPS) is 15.6. The van der Waals surface area contributed by atoms with Gasteiger partial charge in [-0.3, -0.25) is 14.3 Å². The molecule has 2 heterocycles. The van der Waals surface area contributed by atoms with E-state index in [4.69, 9.17) is 18.0 Å². The van der Waals surface area contributed by atoms with Gasteiger partial charge in [0, 0.05) is 12.2 Å². The van der Waals surface area contributed by atoms with Crippen LogP contribution in [0.5, 0.6) is 0 Å². The number of nitrogens with one attached hydrogen (secondary N) is 2. The van der Waals surface area contributed by atoms with E-state index in [1.165, 1.54) is 0 Å². The number of nitrogens with two attached hydrogens (primary N) is 1. The van der Waals surface area contributed by atoms with E-state index in [0.717, 1.165) is 27.8 Å². The van der Waals surface area contributed by atoms with Crippen molar-refractivity contribution in [2.75, 3.05) is 5.32 Å². The summed E-state index contributed by atoms with van der Waals surface area (Å²) in [7, 11) is 0. The number of aromatic nitrogens is 2. The average Bonchev–Trinajstić information content (AvgIpc) is 3.17. The van der Waals surface area contributed by atoms with Crippen LogP contribution in [0, 0.1) is 0 Å². The number of carbonyl (C=O) groups is 1. The number of benzene rings is 3. The zero-order valence-corrected chi connectivity index (χ0v) is 19.3. The zero-order valence-electron chi connectivity index (χ0n) is 18.5. The fraction of sp³-hybridized carbons (Fsp3) is 0.192. The highest BCUT2D eigenvalue weighted by Gasteiger charge is 2.35. The van der Waals surface area contributed by atoms with Crippen LogP contribution in [-0.2, 0) is 24.2 Å². The molecule has 172 valence electrons. The van der Waals surface area contributed by atoms with E-state index < -0.39 is 6.04 Å². The van der Waals surface area contributed by atoms with Crippen molar-refractivity contribution in [2.45, 2.75) is 31.5 Å². The Morgan fingerprint density at radius 2 is 1.79 bits per heavy atom. The van der Waals surface area contributed by atoms with E-state index in [0.29, 0.717) is 19.4 Å². The molecule has 0 radical (unpaired) electrons. The first kappa shape index (κ1) is 22.1. The van der Waals surface area contributed by atoms with Gasteiger partial charge in [0.2, 0.25) is 5.91 Å². The average molecular weight is 472 g/mol. The first-order chi connectivity index (χ1) is 16.5. The maximum absolute atomic E-state index is 13.7. The summed E-state index contributed by atoms with van der Waals surface area (Å²) in [5.74, 6) is -0.276. The number of nitrogens with zero attached hydrogens (tertiary/aromatic N) is 2. The molecule has 0 fully saturated rings. The van der Waals surface area contributed by atoms with E-state index in [1.54, 1.807) is 9.47 Å². The van der Waals surface area contributed by atoms with Crippen molar-refractivity contribution in [2.24, 2.45) is 5.73 Å². The van der Waals surface area contributed by atoms with Gasteiger partial charge in [-0.15, -0.1) is 0 Å². The lowest BCUT2D eigenvalue weighted by Gasteiger charge is -2.36. The van der Waals surface area contributed by atoms with Gasteiger partial charge in [-0.25, -0.2) is 4.79 Å². The van der Waals surface area contributed by atoms with Crippen molar-refractivity contribution >= 4 is 40.0 Å². The number of H-pyrrole nitrogens is 1. The minimum Gasteiger partial charge on any atom is -0.332 e. The van der Waals surface area contributed by atoms with E-state index >= 15 is 0 Å². The van der Waals surface area contributed by atoms with Crippen LogP contribution in [0.15, 0.2) is 83.7 Å². The second kappa shape index (κ2) is 9.24. The molecule has 8 heteroatoms. The number of para-hydroxylation sites is 2. The monoisotopic (exact) mass is 471 g/mol. The summed E-state index contributed by atoms with van der Waals surface area (Å²) >= 11 is 5.73. The third kappa shape index (κ3) is 4.25. The highest BCUT2D eigenvalue weighted by Crippen LogP contribution is 2.26. The van der Waals surface area contributed by atoms with Crippen LogP contribution < -0.4 is 16.7 Å². The Morgan fingerprint density at radius 1 is 1.09 bits per heavy atom. The zero-order chi connectivity index (χ0) is 23.7. The molecule has 1 unspecified atom stereocenters. The molecule has 1 amide bonds. The Balaban J connectivity index is 1.47. The predicted molar refractivity (Wildman–Crippen MR) is 138 cm³/mol. The Hall–Kier alpha value is -3.75. The van der Waals surface area contributed by atoms with Gasteiger partial charge in [0.05, 0.1) is 23.1 Å². The number of rotatable bonds is 5. The lowest BCUT2D eigenvalue weighted by molar-refractivity contribution is -0.130. The minimum absolute atomic E-state index is 0.199. The second-order valence-corrected chi connectivity index (χ2v) is 8.90. The topological polar surface area (TPSA) is 96.2 Å². The van der Waals surface area contributed by atoms with Crippen LogP contribution in [0.1, 0.15) is 11.1 Å². The van der Waals surface area contributed by atoms with Gasteiger partial charge in [0.25, 0.3) is 0 Å². The van der Waals surface area contributed by atoms with Gasteiger partial charge in [0.15, 0.2) is 5.11 Å². The number of hydrogen-bond acceptors (Lipinski definition) is 4. The van der Waals surface area contributed by atoms with Gasteiger partial charge in [0.1, 0.15) is 0 Å². The van der Waals surface area contributed by atoms with Crippen LogP contribution in [0.4, 0.5) is 5.69 Å². The molecule has 0 spiro atoms. The van der Waals surface area contributed by atoms with E-state index in [-0.39, 0.29) is 22.8 Å². The Bertz CT molecular complexity index is 1400. The van der Waals surface area contributed by atoms with Crippen LogP contribution in [0.25, 0.3) is 11.0 Å². The molecular weight excluding hydrogens is 446 g/mol.